The number of nitrogens with one attached hydrogen (secondary N) is 2. The standard InChI is InChI=1S/C13H13ClF2N4O/c1-3-17-11(14)6-8(2)19-13(21)20-9-4-5-18-10(7-9)12(15)16/h3-7,12H,2H2,1H3,(H2,18,19,20,21)/b11-6-,17-3-. The molecular formula is C13H13ClF2N4O. The largest absolute Gasteiger partial charge is 0.323 e. The van der Waals surface area contributed by atoms with Gasteiger partial charge in [-0.25, -0.2) is 18.6 Å². The van der Waals surface area contributed by atoms with Crippen LogP contribution in [-0.2, 0) is 0 Å². The average Bonchev–Trinajstić information content (AvgIpc) is 2.38. The minimum Gasteiger partial charge on any atom is -0.308 e. The maximum Gasteiger partial charge on any atom is 0.323 e. The number of amides is 2. The van der Waals surface area contributed by atoms with Crippen molar-refractivity contribution in [2.24, 2.45) is 4.99 Å². The lowest BCUT2D eigenvalue weighted by Gasteiger charge is -2.08. The lowest BCUT2D eigenvalue weighted by atomic mass is 10.3. The van der Waals surface area contributed by atoms with E-state index in [1.165, 1.54) is 24.6 Å². The van der Waals surface area contributed by atoms with Gasteiger partial charge < -0.3 is 10.6 Å². The summed E-state index contributed by atoms with van der Waals surface area (Å²) in [5, 5.41) is 4.90. The number of rotatable bonds is 5. The molecule has 0 aliphatic heterocycles. The second kappa shape index (κ2) is 8.11. The molecule has 0 aromatic carbocycles. The van der Waals surface area contributed by atoms with Gasteiger partial charge in [-0.15, -0.1) is 0 Å². The Hall–Kier alpha value is -2.28. The Bertz CT molecular complexity index is 587. The first kappa shape index (κ1) is 16.8. The Labute approximate surface area is 125 Å². The lowest BCUT2D eigenvalue weighted by Crippen LogP contribution is -2.27. The van der Waals surface area contributed by atoms with Crippen molar-refractivity contribution in [1.29, 1.82) is 0 Å². The van der Waals surface area contributed by atoms with Gasteiger partial charge in [0.2, 0.25) is 0 Å². The summed E-state index contributed by atoms with van der Waals surface area (Å²) in [7, 11) is 0. The van der Waals surface area contributed by atoms with Gasteiger partial charge in [-0.2, -0.15) is 0 Å². The van der Waals surface area contributed by atoms with Crippen LogP contribution in [0.15, 0.2) is 46.8 Å². The number of carbonyl (C=O) groups is 1. The third-order valence-electron chi connectivity index (χ3n) is 2.08. The van der Waals surface area contributed by atoms with Crippen LogP contribution in [0.5, 0.6) is 0 Å². The Morgan fingerprint density at radius 3 is 2.90 bits per heavy atom. The van der Waals surface area contributed by atoms with Crippen molar-refractivity contribution >= 4 is 29.5 Å². The van der Waals surface area contributed by atoms with E-state index in [2.05, 4.69) is 27.2 Å². The smallest absolute Gasteiger partial charge is 0.308 e. The number of alkyl halides is 2. The van der Waals surface area contributed by atoms with E-state index in [0.29, 0.717) is 0 Å². The van der Waals surface area contributed by atoms with Crippen molar-refractivity contribution in [1.82, 2.24) is 10.3 Å². The molecule has 0 unspecified atom stereocenters. The van der Waals surface area contributed by atoms with Crippen molar-refractivity contribution in [3.63, 3.8) is 0 Å². The molecule has 2 amide bonds. The first-order chi connectivity index (χ1) is 9.92. The number of aromatic nitrogens is 1. The molecule has 0 aliphatic carbocycles. The number of carbonyl (C=O) groups excluding carboxylic acids is 1. The number of anilines is 1. The van der Waals surface area contributed by atoms with Crippen LogP contribution in [0.25, 0.3) is 0 Å². The van der Waals surface area contributed by atoms with Crippen molar-refractivity contribution in [3.8, 4) is 0 Å². The topological polar surface area (TPSA) is 66.4 Å². The van der Waals surface area contributed by atoms with Crippen molar-refractivity contribution in [3.05, 3.63) is 47.5 Å². The number of urea groups is 1. The minimum atomic E-state index is -2.71. The molecule has 0 saturated carbocycles. The zero-order chi connectivity index (χ0) is 15.8. The van der Waals surface area contributed by atoms with Crippen LogP contribution in [0.3, 0.4) is 0 Å². The molecule has 5 nitrogen and oxygen atoms in total. The SMILES string of the molecule is C=C(/C=C(Cl)\N=C/C)NC(=O)Nc1ccnc(C(F)F)c1. The maximum atomic E-state index is 12.5. The molecule has 0 radical (unpaired) electrons. The van der Waals surface area contributed by atoms with Gasteiger partial charge in [0, 0.05) is 23.8 Å². The van der Waals surface area contributed by atoms with E-state index in [0.717, 1.165) is 6.07 Å². The summed E-state index contributed by atoms with van der Waals surface area (Å²) >= 11 is 5.71. The Balaban J connectivity index is 2.64. The van der Waals surface area contributed by atoms with Gasteiger partial charge in [-0.1, -0.05) is 18.2 Å². The van der Waals surface area contributed by atoms with E-state index in [-0.39, 0.29) is 16.5 Å². The van der Waals surface area contributed by atoms with Crippen molar-refractivity contribution < 1.29 is 13.6 Å². The van der Waals surface area contributed by atoms with E-state index in [4.69, 9.17) is 11.6 Å². The summed E-state index contributed by atoms with van der Waals surface area (Å²) in [4.78, 5) is 18.9. The van der Waals surface area contributed by atoms with Gasteiger partial charge in [0.25, 0.3) is 6.43 Å². The molecule has 1 aromatic heterocycles. The van der Waals surface area contributed by atoms with Gasteiger partial charge in [-0.05, 0) is 25.1 Å². The average molecular weight is 315 g/mol. The molecule has 0 fully saturated rings. The molecular weight excluding hydrogens is 302 g/mol. The molecule has 0 bridgehead atoms. The number of halogens is 3. The second-order valence-corrected chi connectivity index (χ2v) is 4.12. The van der Waals surface area contributed by atoms with Crippen molar-refractivity contribution in [2.75, 3.05) is 5.32 Å². The fraction of sp³-hybridized carbons (Fsp3) is 0.154. The van der Waals surface area contributed by atoms with E-state index in [9.17, 15) is 13.6 Å². The summed E-state index contributed by atoms with van der Waals surface area (Å²) in [5.74, 6) is 0. The molecule has 21 heavy (non-hydrogen) atoms. The summed E-state index contributed by atoms with van der Waals surface area (Å²) in [5.41, 5.74) is -0.0367. The van der Waals surface area contributed by atoms with Crippen LogP contribution in [0.1, 0.15) is 19.0 Å². The molecule has 0 spiro atoms. The van der Waals surface area contributed by atoms with Gasteiger partial charge in [0.15, 0.2) is 0 Å². The highest BCUT2D eigenvalue weighted by molar-refractivity contribution is 6.29. The zero-order valence-electron chi connectivity index (χ0n) is 11.1. The van der Waals surface area contributed by atoms with Crippen LogP contribution < -0.4 is 10.6 Å². The van der Waals surface area contributed by atoms with E-state index in [1.807, 2.05) is 0 Å². The highest BCUT2D eigenvalue weighted by Crippen LogP contribution is 2.19. The number of aliphatic imine (C=N–C) groups is 1. The molecule has 1 aromatic rings. The van der Waals surface area contributed by atoms with Gasteiger partial charge in [0.05, 0.1) is 0 Å². The van der Waals surface area contributed by atoms with Gasteiger partial charge in [-0.3, -0.25) is 4.98 Å². The Kier molecular flexibility index (Phi) is 6.48. The fourth-order valence-corrected chi connectivity index (χ4v) is 1.52. The quantitative estimate of drug-likeness (QED) is 0.493. The third-order valence-corrected chi connectivity index (χ3v) is 2.29. The Morgan fingerprint density at radius 2 is 2.29 bits per heavy atom. The number of hydrogen-bond donors (Lipinski definition) is 2. The van der Waals surface area contributed by atoms with Crippen LogP contribution >= 0.6 is 11.6 Å². The number of pyridine rings is 1. The number of hydrogen-bond acceptors (Lipinski definition) is 3. The first-order valence-corrected chi connectivity index (χ1v) is 6.17. The van der Waals surface area contributed by atoms with E-state index in [1.54, 1.807) is 6.92 Å². The molecule has 8 heteroatoms. The molecule has 0 aliphatic rings. The summed E-state index contributed by atoms with van der Waals surface area (Å²) in [6.07, 6.45) is 1.30. The normalized spacial score (nSPS) is 11.8. The van der Waals surface area contributed by atoms with E-state index < -0.39 is 18.2 Å². The van der Waals surface area contributed by atoms with Crippen LogP contribution in [-0.4, -0.2) is 17.2 Å². The lowest BCUT2D eigenvalue weighted by molar-refractivity contribution is 0.146. The number of allylic oxidation sites excluding steroid dienone is 1. The predicted octanol–water partition coefficient (Wildman–Crippen LogP) is 3.83. The first-order valence-electron chi connectivity index (χ1n) is 5.79. The summed E-state index contributed by atoms with van der Waals surface area (Å²) in [6, 6.07) is 1.82. The molecule has 2 N–H and O–H groups in total. The summed E-state index contributed by atoms with van der Waals surface area (Å²) in [6.45, 7) is 5.25. The van der Waals surface area contributed by atoms with Crippen LogP contribution in [0.2, 0.25) is 0 Å². The van der Waals surface area contributed by atoms with E-state index >= 15 is 0 Å². The van der Waals surface area contributed by atoms with Gasteiger partial charge in [0.1, 0.15) is 10.9 Å². The third kappa shape index (κ3) is 6.13. The molecule has 112 valence electrons. The molecule has 0 saturated heterocycles. The Morgan fingerprint density at radius 1 is 1.57 bits per heavy atom. The van der Waals surface area contributed by atoms with Crippen LogP contribution in [0.4, 0.5) is 19.3 Å². The maximum absolute atomic E-state index is 12.5. The molecule has 0 atom stereocenters. The van der Waals surface area contributed by atoms with Crippen LogP contribution in [0, 0.1) is 0 Å². The highest BCUT2D eigenvalue weighted by Gasteiger charge is 2.10. The summed E-state index contributed by atoms with van der Waals surface area (Å²) < 4.78 is 24.9. The molecule has 1 rings (SSSR count). The molecule has 1 heterocycles. The predicted molar refractivity (Wildman–Crippen MR) is 78.6 cm³/mol. The minimum absolute atomic E-state index is 0.145. The monoisotopic (exact) mass is 314 g/mol. The number of nitrogens with zero attached hydrogens (tertiary/aromatic N) is 2. The van der Waals surface area contributed by atoms with Crippen molar-refractivity contribution in [2.45, 2.75) is 13.3 Å². The highest BCUT2D eigenvalue weighted by atomic mass is 35.5. The second-order valence-electron chi connectivity index (χ2n) is 3.73. The zero-order valence-corrected chi connectivity index (χ0v) is 11.9. The fourth-order valence-electron chi connectivity index (χ4n) is 1.29. The van der Waals surface area contributed by atoms with Gasteiger partial charge >= 0.3 is 6.03 Å².